The Morgan fingerprint density at radius 1 is 1.31 bits per heavy atom. The molecule has 1 amide bonds. The summed E-state index contributed by atoms with van der Waals surface area (Å²) in [5, 5.41) is 0. The molecule has 2 aliphatic rings. The van der Waals surface area contributed by atoms with Crippen molar-refractivity contribution in [3.8, 4) is 0 Å². The van der Waals surface area contributed by atoms with E-state index >= 15 is 0 Å². The number of hydrogen-bond acceptors (Lipinski definition) is 4. The normalized spacial score (nSPS) is 27.6. The third-order valence-corrected chi connectivity index (χ3v) is 3.59. The van der Waals surface area contributed by atoms with Gasteiger partial charge in [-0.05, 0) is 19.8 Å². The first kappa shape index (κ1) is 11.8. The van der Waals surface area contributed by atoms with Crippen molar-refractivity contribution in [3.05, 3.63) is 0 Å². The number of carbonyl (C=O) groups excluding carboxylic acids is 1. The number of rotatable bonds is 4. The molecule has 92 valence electrons. The average Bonchev–Trinajstić information content (AvgIpc) is 3.01. The maximum Gasteiger partial charge on any atom is 0.238 e. The number of piperazine rings is 1. The molecule has 0 spiro atoms. The van der Waals surface area contributed by atoms with Gasteiger partial charge in [-0.1, -0.05) is 0 Å². The van der Waals surface area contributed by atoms with Gasteiger partial charge in [0.1, 0.15) is 5.54 Å². The molecule has 1 atom stereocenters. The van der Waals surface area contributed by atoms with Gasteiger partial charge in [-0.25, -0.2) is 0 Å². The Kier molecular flexibility index (Phi) is 3.19. The van der Waals surface area contributed by atoms with Crippen LogP contribution in [-0.2, 0) is 4.79 Å². The van der Waals surface area contributed by atoms with Crippen LogP contribution in [0.25, 0.3) is 0 Å². The maximum absolute atomic E-state index is 11.1. The largest absolute Gasteiger partial charge is 0.368 e. The van der Waals surface area contributed by atoms with E-state index in [0.29, 0.717) is 6.54 Å². The van der Waals surface area contributed by atoms with Crippen LogP contribution >= 0.6 is 0 Å². The standard InChI is InChI=1S/C11H22N4O/c1-11(13,10(12)16)8-14-4-6-15(7-5-14)9-2-3-9/h9H,2-8,13H2,1H3,(H2,12,16). The van der Waals surface area contributed by atoms with E-state index in [0.717, 1.165) is 32.2 Å². The van der Waals surface area contributed by atoms with Gasteiger partial charge in [-0.15, -0.1) is 0 Å². The quantitative estimate of drug-likeness (QED) is 0.642. The highest BCUT2D eigenvalue weighted by Crippen LogP contribution is 2.27. The van der Waals surface area contributed by atoms with E-state index in [9.17, 15) is 4.79 Å². The predicted octanol–water partition coefficient (Wildman–Crippen LogP) is -1.03. The molecule has 1 aliphatic heterocycles. The van der Waals surface area contributed by atoms with Gasteiger partial charge in [-0.3, -0.25) is 14.6 Å². The second-order valence-corrected chi connectivity index (χ2v) is 5.33. The highest BCUT2D eigenvalue weighted by Gasteiger charge is 2.34. The Balaban J connectivity index is 1.78. The van der Waals surface area contributed by atoms with Crippen molar-refractivity contribution in [3.63, 3.8) is 0 Å². The molecule has 5 nitrogen and oxygen atoms in total. The Hall–Kier alpha value is -0.650. The van der Waals surface area contributed by atoms with Crippen LogP contribution in [0, 0.1) is 0 Å². The molecule has 1 saturated heterocycles. The van der Waals surface area contributed by atoms with Crippen molar-refractivity contribution in [1.29, 1.82) is 0 Å². The lowest BCUT2D eigenvalue weighted by Gasteiger charge is -2.37. The van der Waals surface area contributed by atoms with Crippen LogP contribution in [0.5, 0.6) is 0 Å². The van der Waals surface area contributed by atoms with E-state index in [1.165, 1.54) is 12.8 Å². The lowest BCUT2D eigenvalue weighted by atomic mass is 10.0. The smallest absolute Gasteiger partial charge is 0.238 e. The topological polar surface area (TPSA) is 75.6 Å². The molecule has 0 aromatic carbocycles. The summed E-state index contributed by atoms with van der Waals surface area (Å²) in [7, 11) is 0. The molecular weight excluding hydrogens is 204 g/mol. The predicted molar refractivity (Wildman–Crippen MR) is 62.8 cm³/mol. The summed E-state index contributed by atoms with van der Waals surface area (Å²) in [5.41, 5.74) is 10.2. The van der Waals surface area contributed by atoms with Crippen molar-refractivity contribution in [2.45, 2.75) is 31.3 Å². The van der Waals surface area contributed by atoms with Crippen LogP contribution < -0.4 is 11.5 Å². The van der Waals surface area contributed by atoms with Gasteiger partial charge in [0.15, 0.2) is 0 Å². The first-order chi connectivity index (χ1) is 7.49. The summed E-state index contributed by atoms with van der Waals surface area (Å²) in [6, 6.07) is 0.836. The van der Waals surface area contributed by atoms with Gasteiger partial charge in [0.05, 0.1) is 0 Å². The highest BCUT2D eigenvalue weighted by molar-refractivity contribution is 5.84. The van der Waals surface area contributed by atoms with Crippen molar-refractivity contribution in [1.82, 2.24) is 9.80 Å². The fraction of sp³-hybridized carbons (Fsp3) is 0.909. The molecule has 0 radical (unpaired) electrons. The minimum absolute atomic E-state index is 0.419. The third-order valence-electron chi connectivity index (χ3n) is 3.59. The van der Waals surface area contributed by atoms with E-state index in [1.54, 1.807) is 6.92 Å². The second-order valence-electron chi connectivity index (χ2n) is 5.33. The van der Waals surface area contributed by atoms with Crippen LogP contribution in [0.15, 0.2) is 0 Å². The van der Waals surface area contributed by atoms with Crippen molar-refractivity contribution >= 4 is 5.91 Å². The van der Waals surface area contributed by atoms with Crippen molar-refractivity contribution in [2.75, 3.05) is 32.7 Å². The number of primary amides is 1. The third kappa shape index (κ3) is 2.72. The van der Waals surface area contributed by atoms with Crippen LogP contribution in [0.1, 0.15) is 19.8 Å². The minimum atomic E-state index is -0.901. The summed E-state index contributed by atoms with van der Waals surface area (Å²) < 4.78 is 0. The molecule has 16 heavy (non-hydrogen) atoms. The lowest BCUT2D eigenvalue weighted by molar-refractivity contribution is -0.123. The van der Waals surface area contributed by atoms with Gasteiger partial charge in [0.2, 0.25) is 5.91 Å². The van der Waals surface area contributed by atoms with Gasteiger partial charge in [0.25, 0.3) is 0 Å². The first-order valence-corrected chi connectivity index (χ1v) is 6.04. The fourth-order valence-electron chi connectivity index (χ4n) is 2.27. The van der Waals surface area contributed by atoms with E-state index in [4.69, 9.17) is 11.5 Å². The Bertz CT molecular complexity index is 267. The molecule has 0 aromatic rings. The SMILES string of the molecule is CC(N)(CN1CCN(C2CC2)CC1)C(N)=O. The summed E-state index contributed by atoms with van der Waals surface area (Å²) in [6.45, 7) is 6.47. The summed E-state index contributed by atoms with van der Waals surface area (Å²) in [5.74, 6) is -0.419. The van der Waals surface area contributed by atoms with E-state index in [1.807, 2.05) is 0 Å². The van der Waals surface area contributed by atoms with Crippen LogP contribution in [0.4, 0.5) is 0 Å². The van der Waals surface area contributed by atoms with Crippen molar-refractivity contribution < 1.29 is 4.79 Å². The molecule has 5 heteroatoms. The molecule has 1 unspecified atom stereocenters. The Morgan fingerprint density at radius 2 is 1.88 bits per heavy atom. The molecule has 4 N–H and O–H groups in total. The molecular formula is C11H22N4O. The van der Waals surface area contributed by atoms with Gasteiger partial charge in [0, 0.05) is 38.8 Å². The summed E-state index contributed by atoms with van der Waals surface area (Å²) in [4.78, 5) is 15.9. The van der Waals surface area contributed by atoms with Crippen LogP contribution in [0.2, 0.25) is 0 Å². The van der Waals surface area contributed by atoms with E-state index < -0.39 is 11.4 Å². The Morgan fingerprint density at radius 3 is 2.31 bits per heavy atom. The number of amides is 1. The average molecular weight is 226 g/mol. The molecule has 0 aromatic heterocycles. The van der Waals surface area contributed by atoms with E-state index in [2.05, 4.69) is 9.80 Å². The fourth-order valence-corrected chi connectivity index (χ4v) is 2.27. The zero-order valence-corrected chi connectivity index (χ0v) is 9.98. The summed E-state index contributed by atoms with van der Waals surface area (Å²) >= 11 is 0. The minimum Gasteiger partial charge on any atom is -0.368 e. The molecule has 0 bridgehead atoms. The second kappa shape index (κ2) is 4.31. The van der Waals surface area contributed by atoms with E-state index in [-0.39, 0.29) is 0 Å². The molecule has 1 heterocycles. The summed E-state index contributed by atoms with van der Waals surface area (Å²) in [6.07, 6.45) is 2.71. The number of carbonyl (C=O) groups is 1. The van der Waals surface area contributed by atoms with Crippen LogP contribution in [-0.4, -0.2) is 60.0 Å². The molecule has 2 rings (SSSR count). The zero-order chi connectivity index (χ0) is 11.8. The van der Waals surface area contributed by atoms with Crippen molar-refractivity contribution in [2.24, 2.45) is 11.5 Å². The molecule has 1 saturated carbocycles. The van der Waals surface area contributed by atoms with Crippen LogP contribution in [0.3, 0.4) is 0 Å². The van der Waals surface area contributed by atoms with Gasteiger partial charge < -0.3 is 11.5 Å². The monoisotopic (exact) mass is 226 g/mol. The molecule has 1 aliphatic carbocycles. The number of nitrogens with zero attached hydrogens (tertiary/aromatic N) is 2. The number of nitrogens with two attached hydrogens (primary N) is 2. The molecule has 2 fully saturated rings. The zero-order valence-electron chi connectivity index (χ0n) is 9.98. The maximum atomic E-state index is 11.1. The lowest BCUT2D eigenvalue weighted by Crippen LogP contribution is -2.59. The number of hydrogen-bond donors (Lipinski definition) is 2. The van der Waals surface area contributed by atoms with Gasteiger partial charge >= 0.3 is 0 Å². The highest BCUT2D eigenvalue weighted by atomic mass is 16.1. The Labute approximate surface area is 96.7 Å². The first-order valence-electron chi connectivity index (χ1n) is 6.04. The van der Waals surface area contributed by atoms with Gasteiger partial charge in [-0.2, -0.15) is 0 Å².